The van der Waals surface area contributed by atoms with E-state index < -0.39 is 0 Å². The first kappa shape index (κ1) is 16.8. The lowest BCUT2D eigenvalue weighted by Crippen LogP contribution is -2.36. The molecule has 0 aromatic carbocycles. The fourth-order valence-electron chi connectivity index (χ4n) is 1.90. The Morgan fingerprint density at radius 3 is 2.65 bits per heavy atom. The van der Waals surface area contributed by atoms with Crippen molar-refractivity contribution in [2.24, 2.45) is 0 Å². The summed E-state index contributed by atoms with van der Waals surface area (Å²) in [5.41, 5.74) is 1.62. The van der Waals surface area contributed by atoms with Crippen molar-refractivity contribution in [1.82, 2.24) is 10.3 Å². The molecule has 0 aliphatic heterocycles. The molecule has 112 valence electrons. The number of anilines is 1. The molecule has 0 saturated heterocycles. The molecule has 0 radical (unpaired) electrons. The van der Waals surface area contributed by atoms with Gasteiger partial charge in [0, 0.05) is 29.6 Å². The molecule has 1 amide bonds. The van der Waals surface area contributed by atoms with Crippen LogP contribution >= 0.6 is 11.8 Å². The molecule has 0 saturated carbocycles. The SMILES string of the molecule is CCNc1cc(C(=O)NC(CC)CSC)cc(CC)n1. The fraction of sp³-hybridized carbons (Fsp3) is 0.600. The van der Waals surface area contributed by atoms with Crippen LogP contribution in [0.1, 0.15) is 43.2 Å². The summed E-state index contributed by atoms with van der Waals surface area (Å²) in [6.45, 7) is 6.95. The average Bonchev–Trinajstić information content (AvgIpc) is 2.46. The lowest BCUT2D eigenvalue weighted by atomic mass is 10.1. The number of hydrogen-bond donors (Lipinski definition) is 2. The van der Waals surface area contributed by atoms with E-state index in [4.69, 9.17) is 0 Å². The van der Waals surface area contributed by atoms with Gasteiger partial charge < -0.3 is 10.6 Å². The third kappa shape index (κ3) is 5.04. The number of carbonyl (C=O) groups is 1. The summed E-state index contributed by atoms with van der Waals surface area (Å²) in [5, 5.41) is 6.26. The Kier molecular flexibility index (Phi) is 7.44. The van der Waals surface area contributed by atoms with Crippen LogP contribution in [0.15, 0.2) is 12.1 Å². The Balaban J connectivity index is 2.87. The minimum absolute atomic E-state index is 0.0119. The van der Waals surface area contributed by atoms with Gasteiger partial charge in [0.25, 0.3) is 5.91 Å². The summed E-state index contributed by atoms with van der Waals surface area (Å²) in [4.78, 5) is 16.8. The lowest BCUT2D eigenvalue weighted by Gasteiger charge is -2.16. The Labute approximate surface area is 126 Å². The Morgan fingerprint density at radius 2 is 2.10 bits per heavy atom. The minimum Gasteiger partial charge on any atom is -0.370 e. The summed E-state index contributed by atoms with van der Waals surface area (Å²) in [7, 11) is 0. The molecule has 0 spiro atoms. The highest BCUT2D eigenvalue weighted by Crippen LogP contribution is 2.12. The smallest absolute Gasteiger partial charge is 0.251 e. The second kappa shape index (κ2) is 8.84. The summed E-state index contributed by atoms with van der Waals surface area (Å²) in [6.07, 6.45) is 3.82. The molecule has 0 fully saturated rings. The number of amides is 1. The average molecular weight is 295 g/mol. The molecule has 0 aliphatic rings. The van der Waals surface area contributed by atoms with Gasteiger partial charge in [0.1, 0.15) is 5.82 Å². The zero-order chi connectivity index (χ0) is 15.0. The molecule has 5 heteroatoms. The summed E-state index contributed by atoms with van der Waals surface area (Å²) in [6, 6.07) is 3.92. The molecule has 0 bridgehead atoms. The Morgan fingerprint density at radius 1 is 1.35 bits per heavy atom. The normalized spacial score (nSPS) is 12.0. The van der Waals surface area contributed by atoms with Gasteiger partial charge in [0.05, 0.1) is 0 Å². The van der Waals surface area contributed by atoms with Crippen LogP contribution in [0.3, 0.4) is 0 Å². The highest BCUT2D eigenvalue weighted by molar-refractivity contribution is 7.98. The van der Waals surface area contributed by atoms with E-state index in [9.17, 15) is 4.79 Å². The number of rotatable bonds is 8. The Hall–Kier alpha value is -1.23. The molecule has 4 nitrogen and oxygen atoms in total. The number of aromatic nitrogens is 1. The highest BCUT2D eigenvalue weighted by atomic mass is 32.2. The van der Waals surface area contributed by atoms with Crippen molar-refractivity contribution in [3.63, 3.8) is 0 Å². The van der Waals surface area contributed by atoms with E-state index in [0.29, 0.717) is 5.56 Å². The first-order chi connectivity index (χ1) is 9.64. The first-order valence-corrected chi connectivity index (χ1v) is 8.58. The van der Waals surface area contributed by atoms with Gasteiger partial charge in [-0.15, -0.1) is 0 Å². The number of nitrogens with zero attached hydrogens (tertiary/aromatic N) is 1. The van der Waals surface area contributed by atoms with Crippen LogP contribution in [0.25, 0.3) is 0 Å². The summed E-state index contributed by atoms with van der Waals surface area (Å²) >= 11 is 1.75. The van der Waals surface area contributed by atoms with Crippen molar-refractivity contribution in [3.8, 4) is 0 Å². The van der Waals surface area contributed by atoms with Gasteiger partial charge in [-0.3, -0.25) is 4.79 Å². The van der Waals surface area contributed by atoms with Gasteiger partial charge in [-0.05, 0) is 38.2 Å². The van der Waals surface area contributed by atoms with Gasteiger partial charge in [0.15, 0.2) is 0 Å². The molecule has 1 unspecified atom stereocenters. The van der Waals surface area contributed by atoms with Crippen molar-refractivity contribution in [2.45, 2.75) is 39.7 Å². The maximum absolute atomic E-state index is 12.3. The van der Waals surface area contributed by atoms with Crippen molar-refractivity contribution >= 4 is 23.5 Å². The molecule has 1 aromatic rings. The molecule has 1 aromatic heterocycles. The molecular weight excluding hydrogens is 270 g/mol. The Bertz CT molecular complexity index is 437. The molecular formula is C15H25N3OS. The van der Waals surface area contributed by atoms with E-state index in [1.165, 1.54) is 0 Å². The molecule has 1 rings (SSSR count). The quantitative estimate of drug-likeness (QED) is 0.774. The van der Waals surface area contributed by atoms with E-state index in [1.54, 1.807) is 11.8 Å². The van der Waals surface area contributed by atoms with Crippen molar-refractivity contribution in [2.75, 3.05) is 23.9 Å². The third-order valence-electron chi connectivity index (χ3n) is 3.06. The van der Waals surface area contributed by atoms with Gasteiger partial charge in [0.2, 0.25) is 0 Å². The number of pyridine rings is 1. The van der Waals surface area contributed by atoms with E-state index in [1.807, 2.05) is 26.0 Å². The largest absolute Gasteiger partial charge is 0.370 e. The fourth-order valence-corrected chi connectivity index (χ4v) is 2.62. The second-order valence-electron chi connectivity index (χ2n) is 4.65. The lowest BCUT2D eigenvalue weighted by molar-refractivity contribution is 0.0940. The van der Waals surface area contributed by atoms with Crippen LogP contribution in [0.2, 0.25) is 0 Å². The van der Waals surface area contributed by atoms with Crippen LogP contribution in [-0.2, 0) is 6.42 Å². The van der Waals surface area contributed by atoms with Crippen molar-refractivity contribution < 1.29 is 4.79 Å². The zero-order valence-electron chi connectivity index (χ0n) is 12.8. The minimum atomic E-state index is -0.0119. The summed E-state index contributed by atoms with van der Waals surface area (Å²) in [5.74, 6) is 1.70. The van der Waals surface area contributed by atoms with Crippen LogP contribution < -0.4 is 10.6 Å². The number of hydrogen-bond acceptors (Lipinski definition) is 4. The molecule has 0 aliphatic carbocycles. The number of aryl methyl sites for hydroxylation is 1. The van der Waals surface area contributed by atoms with Crippen LogP contribution in [0, 0.1) is 0 Å². The predicted octanol–water partition coefficient (Wildman–Crippen LogP) is 2.95. The van der Waals surface area contributed by atoms with Gasteiger partial charge in [-0.25, -0.2) is 4.98 Å². The maximum atomic E-state index is 12.3. The van der Waals surface area contributed by atoms with Crippen LogP contribution in [0.5, 0.6) is 0 Å². The topological polar surface area (TPSA) is 54.0 Å². The van der Waals surface area contributed by atoms with Gasteiger partial charge in [-0.1, -0.05) is 13.8 Å². The van der Waals surface area contributed by atoms with Crippen LogP contribution in [0.4, 0.5) is 5.82 Å². The second-order valence-corrected chi connectivity index (χ2v) is 5.56. The molecule has 1 heterocycles. The maximum Gasteiger partial charge on any atom is 0.251 e. The standard InChI is InChI=1S/C15H25N3OS/c1-5-12-8-11(9-14(17-12)16-7-3)15(19)18-13(6-2)10-20-4/h8-9,13H,5-7,10H2,1-4H3,(H,16,17)(H,18,19). The first-order valence-electron chi connectivity index (χ1n) is 7.19. The van der Waals surface area contributed by atoms with Crippen molar-refractivity contribution in [1.29, 1.82) is 0 Å². The van der Waals surface area contributed by atoms with Crippen molar-refractivity contribution in [3.05, 3.63) is 23.4 Å². The molecule has 1 atom stereocenters. The highest BCUT2D eigenvalue weighted by Gasteiger charge is 2.13. The van der Waals surface area contributed by atoms with E-state index in [-0.39, 0.29) is 11.9 Å². The predicted molar refractivity (Wildman–Crippen MR) is 87.7 cm³/mol. The third-order valence-corrected chi connectivity index (χ3v) is 3.79. The summed E-state index contributed by atoms with van der Waals surface area (Å²) < 4.78 is 0. The number of nitrogens with one attached hydrogen (secondary N) is 2. The van der Waals surface area contributed by atoms with Gasteiger partial charge in [-0.2, -0.15) is 11.8 Å². The van der Waals surface area contributed by atoms with Crippen LogP contribution in [-0.4, -0.2) is 35.5 Å². The number of carbonyl (C=O) groups excluding carboxylic acids is 1. The molecule has 20 heavy (non-hydrogen) atoms. The van der Waals surface area contributed by atoms with E-state index >= 15 is 0 Å². The number of thioether (sulfide) groups is 1. The molecule has 2 N–H and O–H groups in total. The zero-order valence-corrected chi connectivity index (χ0v) is 13.6. The van der Waals surface area contributed by atoms with E-state index in [0.717, 1.165) is 36.7 Å². The monoisotopic (exact) mass is 295 g/mol. The van der Waals surface area contributed by atoms with E-state index in [2.05, 4.69) is 28.8 Å². The van der Waals surface area contributed by atoms with Gasteiger partial charge >= 0.3 is 0 Å².